The summed E-state index contributed by atoms with van der Waals surface area (Å²) in [5.41, 5.74) is -2.18. The fourth-order valence-corrected chi connectivity index (χ4v) is 3.59. The van der Waals surface area contributed by atoms with Crippen molar-refractivity contribution in [3.05, 3.63) is 83.7 Å². The number of ether oxygens (including phenoxy) is 3. The molecular formula is C22H15F4N3O5. The van der Waals surface area contributed by atoms with Crippen LogP contribution < -0.4 is 14.8 Å². The van der Waals surface area contributed by atoms with Crippen molar-refractivity contribution in [1.82, 2.24) is 15.3 Å². The van der Waals surface area contributed by atoms with Gasteiger partial charge in [0.15, 0.2) is 11.6 Å². The lowest BCUT2D eigenvalue weighted by Gasteiger charge is -2.38. The second-order valence-electron chi connectivity index (χ2n) is 7.06. The zero-order valence-electron chi connectivity index (χ0n) is 17.1. The number of alkyl carbamates (subject to hydrolysis) is 1. The number of amides is 1. The number of nitrogens with zero attached hydrogens (tertiary/aromatic N) is 2. The van der Waals surface area contributed by atoms with Crippen LogP contribution in [0.4, 0.5) is 22.4 Å². The maximum atomic E-state index is 15.3. The zero-order chi connectivity index (χ0) is 24.3. The van der Waals surface area contributed by atoms with E-state index in [4.69, 9.17) is 9.47 Å². The fraction of sp³-hybridized carbons (Fsp3) is 0.182. The van der Waals surface area contributed by atoms with Gasteiger partial charge >= 0.3 is 18.4 Å². The highest BCUT2D eigenvalue weighted by atomic mass is 19.4. The maximum Gasteiger partial charge on any atom is 0.573 e. The van der Waals surface area contributed by atoms with E-state index in [-0.39, 0.29) is 35.6 Å². The van der Waals surface area contributed by atoms with Gasteiger partial charge in [0.05, 0.1) is 12.2 Å². The van der Waals surface area contributed by atoms with Crippen molar-refractivity contribution in [3.63, 3.8) is 0 Å². The number of hydrogen-bond donors (Lipinski definition) is 1. The van der Waals surface area contributed by atoms with E-state index in [2.05, 4.69) is 20.0 Å². The van der Waals surface area contributed by atoms with Crippen molar-refractivity contribution in [1.29, 1.82) is 0 Å². The van der Waals surface area contributed by atoms with Gasteiger partial charge in [0.2, 0.25) is 0 Å². The average molecular weight is 477 g/mol. The van der Waals surface area contributed by atoms with E-state index in [1.165, 1.54) is 48.9 Å². The number of fused-ring (bicyclic) bond motifs is 1. The number of esters is 1. The molecule has 2 aromatic heterocycles. The largest absolute Gasteiger partial charge is 0.573 e. The Morgan fingerprint density at radius 3 is 2.56 bits per heavy atom. The molecule has 4 rings (SSSR count). The number of alkyl halides is 3. The molecule has 12 heteroatoms. The van der Waals surface area contributed by atoms with E-state index in [0.29, 0.717) is 0 Å². The molecule has 1 N–H and O–H groups in total. The summed E-state index contributed by atoms with van der Waals surface area (Å²) in [7, 11) is 0. The molecule has 176 valence electrons. The SMILES string of the molecule is O=C(NC1(c2cccc(OC(F)(F)F)c2F)CCOc2cccnc21)OC(=O)c1ccncc1. The van der Waals surface area contributed by atoms with Crippen molar-refractivity contribution in [3.8, 4) is 11.5 Å². The normalized spacial score (nSPS) is 17.2. The Bertz CT molecular complexity index is 1220. The Hall–Kier alpha value is -4.22. The van der Waals surface area contributed by atoms with Crippen molar-refractivity contribution in [2.75, 3.05) is 6.61 Å². The van der Waals surface area contributed by atoms with Crippen molar-refractivity contribution < 1.29 is 41.4 Å². The smallest absolute Gasteiger partial charge is 0.491 e. The Kier molecular flexibility index (Phi) is 6.05. The minimum atomic E-state index is -5.15. The molecule has 3 aromatic rings. The first-order valence-corrected chi connectivity index (χ1v) is 9.77. The standard InChI is InChI=1S/C22H15F4N3O5/c23-17-14(3-1-4-15(17)34-22(24,25)26)21(8-12-32-16-5-2-9-28-18(16)21)29-20(31)33-19(30)13-6-10-27-11-7-13/h1-7,9-11H,8,12H2,(H,29,31). The number of nitrogens with one attached hydrogen (secondary N) is 1. The molecule has 1 aromatic carbocycles. The van der Waals surface area contributed by atoms with Crippen LogP contribution in [0.2, 0.25) is 0 Å². The monoisotopic (exact) mass is 477 g/mol. The van der Waals surface area contributed by atoms with E-state index >= 15 is 4.39 Å². The van der Waals surface area contributed by atoms with E-state index in [1.807, 2.05) is 0 Å². The molecule has 0 spiro atoms. The van der Waals surface area contributed by atoms with Gasteiger partial charge in [-0.05, 0) is 30.3 Å². The molecule has 0 fully saturated rings. The lowest BCUT2D eigenvalue weighted by molar-refractivity contribution is -0.275. The molecule has 0 saturated carbocycles. The lowest BCUT2D eigenvalue weighted by atomic mass is 9.81. The minimum absolute atomic E-state index is 0.0117. The van der Waals surface area contributed by atoms with Crippen LogP contribution in [0.25, 0.3) is 0 Å². The first kappa shape index (κ1) is 23.0. The van der Waals surface area contributed by atoms with E-state index < -0.39 is 35.5 Å². The molecule has 1 aliphatic heterocycles. The third-order valence-corrected chi connectivity index (χ3v) is 4.98. The summed E-state index contributed by atoms with van der Waals surface area (Å²) < 4.78 is 67.9. The maximum absolute atomic E-state index is 15.3. The number of carbonyl (C=O) groups is 2. The first-order chi connectivity index (χ1) is 16.2. The van der Waals surface area contributed by atoms with Crippen LogP contribution in [0.5, 0.6) is 11.5 Å². The second kappa shape index (κ2) is 8.96. The quantitative estimate of drug-likeness (QED) is 0.343. The molecule has 0 aliphatic carbocycles. The molecule has 34 heavy (non-hydrogen) atoms. The van der Waals surface area contributed by atoms with Gasteiger partial charge in [0.1, 0.15) is 17.0 Å². The van der Waals surface area contributed by atoms with E-state index in [0.717, 1.165) is 12.1 Å². The Balaban J connectivity index is 1.76. The van der Waals surface area contributed by atoms with Crippen LogP contribution in [0, 0.1) is 5.82 Å². The Labute approximate surface area is 189 Å². The summed E-state index contributed by atoms with van der Waals surface area (Å²) in [5, 5.41) is 2.42. The van der Waals surface area contributed by atoms with Crippen molar-refractivity contribution >= 4 is 12.1 Å². The van der Waals surface area contributed by atoms with Gasteiger partial charge in [0.25, 0.3) is 0 Å². The summed E-state index contributed by atoms with van der Waals surface area (Å²) in [6.07, 6.45) is -2.59. The van der Waals surface area contributed by atoms with Gasteiger partial charge in [-0.15, -0.1) is 13.2 Å². The molecule has 0 saturated heterocycles. The number of aromatic nitrogens is 2. The number of halogens is 4. The number of hydrogen-bond acceptors (Lipinski definition) is 7. The van der Waals surface area contributed by atoms with Crippen LogP contribution in [-0.4, -0.2) is 35.0 Å². The fourth-order valence-electron chi connectivity index (χ4n) is 3.59. The molecule has 8 nitrogen and oxygen atoms in total. The lowest BCUT2D eigenvalue weighted by Crippen LogP contribution is -2.51. The molecule has 0 bridgehead atoms. The van der Waals surface area contributed by atoms with Gasteiger partial charge in [-0.2, -0.15) is 0 Å². The van der Waals surface area contributed by atoms with Gasteiger partial charge in [-0.25, -0.2) is 14.0 Å². The summed E-state index contributed by atoms with van der Waals surface area (Å²) in [4.78, 5) is 32.9. The van der Waals surface area contributed by atoms with Crippen LogP contribution in [0.15, 0.2) is 61.1 Å². The minimum Gasteiger partial charge on any atom is -0.491 e. The highest BCUT2D eigenvalue weighted by Gasteiger charge is 2.46. The second-order valence-corrected chi connectivity index (χ2v) is 7.06. The van der Waals surface area contributed by atoms with Crippen LogP contribution >= 0.6 is 0 Å². The molecular weight excluding hydrogens is 462 g/mol. The summed E-state index contributed by atoms with van der Waals surface area (Å²) in [6.45, 7) is -0.0545. The average Bonchev–Trinajstić information content (AvgIpc) is 2.80. The Morgan fingerprint density at radius 2 is 1.82 bits per heavy atom. The highest BCUT2D eigenvalue weighted by Crippen LogP contribution is 2.43. The van der Waals surface area contributed by atoms with Crippen molar-refractivity contribution in [2.24, 2.45) is 0 Å². The van der Waals surface area contributed by atoms with Gasteiger partial charge in [-0.3, -0.25) is 9.97 Å². The van der Waals surface area contributed by atoms with Crippen molar-refractivity contribution in [2.45, 2.75) is 18.3 Å². The number of pyridine rings is 2. The highest BCUT2D eigenvalue weighted by molar-refractivity contribution is 5.96. The molecule has 1 unspecified atom stereocenters. The molecule has 1 amide bonds. The number of rotatable bonds is 4. The van der Waals surface area contributed by atoms with E-state index in [9.17, 15) is 22.8 Å². The van der Waals surface area contributed by atoms with E-state index in [1.54, 1.807) is 0 Å². The van der Waals surface area contributed by atoms with Gasteiger partial charge in [-0.1, -0.05) is 12.1 Å². The topological polar surface area (TPSA) is 99.6 Å². The predicted octanol–water partition coefficient (Wildman–Crippen LogP) is 4.11. The summed E-state index contributed by atoms with van der Waals surface area (Å²) in [6, 6.07) is 8.76. The molecule has 1 atom stereocenters. The number of carbonyl (C=O) groups excluding carboxylic acids is 2. The van der Waals surface area contributed by atoms with Crippen LogP contribution in [-0.2, 0) is 10.3 Å². The van der Waals surface area contributed by atoms with Crippen LogP contribution in [0.3, 0.4) is 0 Å². The van der Waals surface area contributed by atoms with Gasteiger partial charge < -0.3 is 19.5 Å². The molecule has 0 radical (unpaired) electrons. The number of benzene rings is 1. The third-order valence-electron chi connectivity index (χ3n) is 4.98. The first-order valence-electron chi connectivity index (χ1n) is 9.77. The summed E-state index contributed by atoms with van der Waals surface area (Å²) in [5.74, 6) is -3.33. The zero-order valence-corrected chi connectivity index (χ0v) is 17.1. The molecule has 3 heterocycles. The van der Waals surface area contributed by atoms with Crippen LogP contribution in [0.1, 0.15) is 28.0 Å². The third kappa shape index (κ3) is 4.60. The predicted molar refractivity (Wildman–Crippen MR) is 106 cm³/mol. The summed E-state index contributed by atoms with van der Waals surface area (Å²) >= 11 is 0. The molecule has 1 aliphatic rings. The van der Waals surface area contributed by atoms with Gasteiger partial charge in [0, 0.05) is 30.6 Å². The Morgan fingerprint density at radius 1 is 1.06 bits per heavy atom.